The summed E-state index contributed by atoms with van der Waals surface area (Å²) < 4.78 is 8.07. The normalized spacial score (nSPS) is 29.6. The van der Waals surface area contributed by atoms with Crippen molar-refractivity contribution in [2.24, 2.45) is 16.3 Å². The molecule has 2 radical (unpaired) electrons. The molecule has 1 saturated carbocycles. The number of carbonyl (C=O) groups is 3. The molecule has 9 heteroatoms. The van der Waals surface area contributed by atoms with E-state index in [4.69, 9.17) is 4.74 Å². The molecule has 2 amide bonds. The van der Waals surface area contributed by atoms with Crippen molar-refractivity contribution >= 4 is 58.6 Å². The standard InChI is InChI=1S/C27H40BrN3O4.Sn/c1-5-22(32)10-8-6-7-9-19(18-29-14-13-28)30-24(33)23-17-27(23)15-20-11-12-21(16-27)31(20)25(34)35-26(2,3)4;/h14,19-21,23H,5-12,15-17H2,1-4H3,(H,30,33);/t19-,20?,21?,23?,27?;/m0./s1. The first-order valence-electron chi connectivity index (χ1n) is 13.5. The van der Waals surface area contributed by atoms with E-state index in [1.165, 1.54) is 6.23 Å². The molecule has 1 N–H and O–H groups in total. The first kappa shape index (κ1) is 28.1. The Morgan fingerprint density at radius 1 is 1.19 bits per heavy atom. The molecule has 3 unspecified atom stereocenters. The minimum absolute atomic E-state index is 0.00787. The van der Waals surface area contributed by atoms with E-state index in [-0.39, 0.29) is 41.5 Å². The van der Waals surface area contributed by atoms with Gasteiger partial charge in [0.1, 0.15) is 0 Å². The summed E-state index contributed by atoms with van der Waals surface area (Å²) in [5, 5.41) is 3.39. The molecule has 3 aliphatic heterocycles. The number of hydrogen-bond acceptors (Lipinski definition) is 5. The zero-order valence-electron chi connectivity index (χ0n) is 22.1. The summed E-state index contributed by atoms with van der Waals surface area (Å²) in [5.74, 6) is 0.527. The van der Waals surface area contributed by atoms with Crippen molar-refractivity contribution in [1.29, 1.82) is 0 Å². The number of ether oxygens (including phenoxy) is 1. The van der Waals surface area contributed by atoms with Crippen LogP contribution in [0.15, 0.2) is 13.7 Å². The number of carbonyl (C=O) groups excluding carboxylic acids is 3. The Kier molecular flexibility index (Phi) is 8.95. The predicted molar refractivity (Wildman–Crippen MR) is 145 cm³/mol. The van der Waals surface area contributed by atoms with Gasteiger partial charge in [-0.15, -0.1) is 0 Å². The summed E-state index contributed by atoms with van der Waals surface area (Å²) in [6.07, 6.45) is 11.5. The van der Waals surface area contributed by atoms with Gasteiger partial charge in [-0.2, -0.15) is 0 Å². The van der Waals surface area contributed by atoms with Crippen LogP contribution in [0.25, 0.3) is 0 Å². The zero-order valence-corrected chi connectivity index (χ0v) is 26.5. The van der Waals surface area contributed by atoms with Gasteiger partial charge in [-0.3, -0.25) is 0 Å². The van der Waals surface area contributed by atoms with Gasteiger partial charge in [-0.05, 0) is 20.8 Å². The van der Waals surface area contributed by atoms with Crippen LogP contribution >= 0.6 is 15.9 Å². The van der Waals surface area contributed by atoms with Gasteiger partial charge in [-0.25, -0.2) is 0 Å². The van der Waals surface area contributed by atoms with E-state index in [0.717, 1.165) is 57.8 Å². The van der Waals surface area contributed by atoms with Gasteiger partial charge in [0.25, 0.3) is 0 Å². The Balaban J connectivity index is 1.32. The van der Waals surface area contributed by atoms with E-state index >= 15 is 0 Å². The van der Waals surface area contributed by atoms with Crippen LogP contribution in [-0.4, -0.2) is 71.3 Å². The van der Waals surface area contributed by atoms with Gasteiger partial charge >= 0.3 is 214 Å². The van der Waals surface area contributed by atoms with Gasteiger partial charge in [-0.1, -0.05) is 0 Å². The number of piperidine rings is 1. The van der Waals surface area contributed by atoms with Crippen molar-refractivity contribution in [3.8, 4) is 0 Å². The molecular weight excluding hydrogens is 629 g/mol. The molecule has 1 spiro atoms. The Morgan fingerprint density at radius 2 is 1.89 bits per heavy atom. The molecule has 1 aliphatic carbocycles. The summed E-state index contributed by atoms with van der Waals surface area (Å²) in [6.45, 7) is 7.65. The third kappa shape index (κ3) is 6.75. The molecule has 36 heavy (non-hydrogen) atoms. The second kappa shape index (κ2) is 11.5. The molecule has 2 bridgehead atoms. The molecule has 0 aromatic rings. The summed E-state index contributed by atoms with van der Waals surface area (Å²) in [4.78, 5) is 44.5. The van der Waals surface area contributed by atoms with Crippen molar-refractivity contribution in [3.05, 3.63) is 8.70 Å². The van der Waals surface area contributed by atoms with Crippen molar-refractivity contribution < 1.29 is 19.1 Å². The number of halogens is 1. The number of aliphatic imine (C=N–C) groups is 1. The summed E-state index contributed by atoms with van der Waals surface area (Å²) in [6, 6.07) is 0.381. The number of rotatable bonds is 10. The molecule has 4 rings (SSSR count). The molecule has 0 aromatic heterocycles. The first-order valence-corrected chi connectivity index (χ1v) is 17.2. The molecule has 3 heterocycles. The van der Waals surface area contributed by atoms with Gasteiger partial charge in [0.15, 0.2) is 0 Å². The van der Waals surface area contributed by atoms with Gasteiger partial charge in [0.05, 0.1) is 0 Å². The average molecular weight is 669 g/mol. The van der Waals surface area contributed by atoms with Crippen molar-refractivity contribution in [2.45, 2.75) is 122 Å². The fraction of sp³-hybridized carbons (Fsp3) is 0.778. The summed E-state index contributed by atoms with van der Waals surface area (Å²) in [5.41, 5.74) is -0.457. The van der Waals surface area contributed by atoms with E-state index in [2.05, 4.69) is 26.2 Å². The van der Waals surface area contributed by atoms with Crippen LogP contribution in [0.1, 0.15) is 98.3 Å². The van der Waals surface area contributed by atoms with Crippen LogP contribution in [0, 0.1) is 11.3 Å². The maximum atomic E-state index is 13.5. The topological polar surface area (TPSA) is 88.1 Å². The van der Waals surface area contributed by atoms with Crippen LogP contribution in [0.3, 0.4) is 0 Å². The number of unbranched alkanes of at least 4 members (excludes halogenated alkanes) is 2. The Morgan fingerprint density at radius 3 is 2.47 bits per heavy atom. The van der Waals surface area contributed by atoms with Gasteiger partial charge < -0.3 is 0 Å². The van der Waals surface area contributed by atoms with Crippen LogP contribution in [0.4, 0.5) is 4.79 Å². The number of ketones is 1. The molecule has 0 aromatic carbocycles. The molecule has 4 aliphatic rings. The van der Waals surface area contributed by atoms with E-state index in [1.807, 2.05) is 38.8 Å². The predicted octanol–water partition coefficient (Wildman–Crippen LogP) is 5.28. The minimum atomic E-state index is -0.946. The Labute approximate surface area is 234 Å². The molecule has 7 nitrogen and oxygen atoms in total. The number of fused-ring (bicyclic) bond motifs is 2. The van der Waals surface area contributed by atoms with Crippen LogP contribution in [0.2, 0.25) is 0 Å². The van der Waals surface area contributed by atoms with Gasteiger partial charge in [0.2, 0.25) is 0 Å². The summed E-state index contributed by atoms with van der Waals surface area (Å²) >= 11 is 2.67. The summed E-state index contributed by atoms with van der Waals surface area (Å²) in [7, 11) is 0. The van der Waals surface area contributed by atoms with Crippen LogP contribution < -0.4 is 5.32 Å². The number of hydrogen-bond donors (Lipinski definition) is 1. The van der Waals surface area contributed by atoms with Crippen LogP contribution in [0.5, 0.6) is 0 Å². The molecule has 2 saturated heterocycles. The van der Waals surface area contributed by atoms with E-state index in [0.29, 0.717) is 18.6 Å². The van der Waals surface area contributed by atoms with Gasteiger partial charge in [0, 0.05) is 0 Å². The van der Waals surface area contributed by atoms with Crippen LogP contribution in [-0.2, 0) is 14.3 Å². The SMILES string of the molecule is CCC(=O)CCCCC[C@H](NC(=O)C1CC12CC1CCC(C2)N1C(=O)OC(C)(C)C)[C]1=NC=[C](Br)[Sn]1. The maximum absolute atomic E-state index is 13.5. The quantitative estimate of drug-likeness (QED) is 0.254. The van der Waals surface area contributed by atoms with Crippen molar-refractivity contribution in [3.63, 3.8) is 0 Å². The first-order chi connectivity index (χ1) is 17.0. The molecule has 4 atom stereocenters. The number of nitrogens with zero attached hydrogens (tertiary/aromatic N) is 2. The van der Waals surface area contributed by atoms with Crippen molar-refractivity contribution in [2.75, 3.05) is 0 Å². The monoisotopic (exact) mass is 669 g/mol. The van der Waals surface area contributed by atoms with E-state index < -0.39 is 26.7 Å². The number of nitrogens with one attached hydrogen (secondary N) is 1. The second-order valence-corrected chi connectivity index (χ2v) is 18.6. The zero-order chi connectivity index (χ0) is 26.1. The molecular formula is C27H40BrN3O4Sn. The molecule has 3 fully saturated rings. The Hall–Kier alpha value is -0.901. The second-order valence-electron chi connectivity index (χ2n) is 12.0. The number of Topliss-reactive ketones (excluding diaryl/α,β-unsaturated/α-hetero) is 1. The third-order valence-electron chi connectivity index (χ3n) is 8.07. The van der Waals surface area contributed by atoms with E-state index in [9.17, 15) is 14.4 Å². The average Bonchev–Trinajstić information content (AvgIpc) is 3.15. The fourth-order valence-corrected chi connectivity index (χ4v) is 10.2. The Bertz CT molecular complexity index is 930. The molecule has 198 valence electrons. The number of amides is 2. The van der Waals surface area contributed by atoms with E-state index in [1.54, 1.807) is 0 Å². The van der Waals surface area contributed by atoms with Crippen molar-refractivity contribution in [1.82, 2.24) is 10.2 Å². The third-order valence-corrected chi connectivity index (χ3v) is 12.7. The fourth-order valence-electron chi connectivity index (χ4n) is 6.23.